The lowest BCUT2D eigenvalue weighted by Gasteiger charge is -2.40. The number of nitrogens with one attached hydrogen (secondary N) is 1. The van der Waals surface area contributed by atoms with E-state index in [2.05, 4.69) is 47.8 Å². The predicted octanol–water partition coefficient (Wildman–Crippen LogP) is 3.64. The Balaban J connectivity index is 1.86. The molecule has 1 saturated heterocycles. The maximum absolute atomic E-state index is 6.46. The molecular formula is C20H21NO2. The van der Waals surface area contributed by atoms with Gasteiger partial charge in [0.2, 0.25) is 0 Å². The van der Waals surface area contributed by atoms with Crippen LogP contribution in [-0.2, 0) is 0 Å². The van der Waals surface area contributed by atoms with Gasteiger partial charge >= 0.3 is 0 Å². The second-order valence-corrected chi connectivity index (χ2v) is 6.20. The lowest BCUT2D eigenvalue weighted by molar-refractivity contribution is 0.0814. The summed E-state index contributed by atoms with van der Waals surface area (Å²) < 4.78 is 11.8. The number of benzene rings is 2. The van der Waals surface area contributed by atoms with Gasteiger partial charge in [0, 0.05) is 24.5 Å². The Morgan fingerprint density at radius 3 is 2.57 bits per heavy atom. The summed E-state index contributed by atoms with van der Waals surface area (Å²) in [5.41, 5.74) is 3.42. The highest BCUT2D eigenvalue weighted by Gasteiger charge is 2.37. The van der Waals surface area contributed by atoms with E-state index in [1.807, 2.05) is 12.1 Å². The van der Waals surface area contributed by atoms with Crippen molar-refractivity contribution in [2.45, 2.75) is 18.4 Å². The Morgan fingerprint density at radius 1 is 1.04 bits per heavy atom. The van der Waals surface area contributed by atoms with Gasteiger partial charge in [-0.25, -0.2) is 0 Å². The summed E-state index contributed by atoms with van der Waals surface area (Å²) in [5.74, 6) is 1.76. The van der Waals surface area contributed by atoms with Gasteiger partial charge in [-0.05, 0) is 42.4 Å². The highest BCUT2D eigenvalue weighted by atomic mass is 16.5. The zero-order valence-electron chi connectivity index (χ0n) is 13.3. The molecule has 2 aliphatic rings. The summed E-state index contributed by atoms with van der Waals surface area (Å²) in [7, 11) is 1.69. The Morgan fingerprint density at radius 2 is 1.83 bits per heavy atom. The molecule has 0 radical (unpaired) electrons. The highest BCUT2D eigenvalue weighted by molar-refractivity contribution is 5.85. The van der Waals surface area contributed by atoms with E-state index in [0.29, 0.717) is 0 Å². The Hall–Kier alpha value is -2.26. The van der Waals surface area contributed by atoms with E-state index < -0.39 is 0 Å². The van der Waals surface area contributed by atoms with Gasteiger partial charge in [0.1, 0.15) is 17.1 Å². The summed E-state index contributed by atoms with van der Waals surface area (Å²) in [6, 6.07) is 16.7. The molecule has 2 heterocycles. The number of ether oxygens (including phenoxy) is 2. The zero-order chi connectivity index (χ0) is 15.7. The molecule has 23 heavy (non-hydrogen) atoms. The van der Waals surface area contributed by atoms with Crippen LogP contribution in [0.5, 0.6) is 11.5 Å². The summed E-state index contributed by atoms with van der Waals surface area (Å²) >= 11 is 0. The molecule has 0 aromatic heterocycles. The molecule has 4 rings (SSSR count). The van der Waals surface area contributed by atoms with Crippen molar-refractivity contribution >= 4 is 5.57 Å². The summed E-state index contributed by atoms with van der Waals surface area (Å²) in [5, 5.41) is 3.42. The largest absolute Gasteiger partial charge is 0.497 e. The van der Waals surface area contributed by atoms with Crippen molar-refractivity contribution in [3.8, 4) is 11.5 Å². The maximum Gasteiger partial charge on any atom is 0.132 e. The molecule has 1 spiro atoms. The first kappa shape index (κ1) is 14.3. The van der Waals surface area contributed by atoms with Crippen LogP contribution in [0.1, 0.15) is 24.0 Å². The Kier molecular flexibility index (Phi) is 3.58. The summed E-state index contributed by atoms with van der Waals surface area (Å²) in [4.78, 5) is 0. The number of hydrogen-bond donors (Lipinski definition) is 1. The number of fused-ring (bicyclic) bond motifs is 1. The third-order valence-corrected chi connectivity index (χ3v) is 4.73. The molecule has 1 fully saturated rings. The summed E-state index contributed by atoms with van der Waals surface area (Å²) in [6.45, 7) is 1.97. The minimum absolute atomic E-state index is 0.213. The number of methoxy groups -OCH3 is 1. The SMILES string of the molecule is COc1ccc2c(c1)OC1(C=C2c2ccccc2)CCNCC1. The number of hydrogen-bond acceptors (Lipinski definition) is 3. The van der Waals surface area contributed by atoms with Crippen molar-refractivity contribution < 1.29 is 9.47 Å². The quantitative estimate of drug-likeness (QED) is 0.919. The fourth-order valence-corrected chi connectivity index (χ4v) is 3.48. The molecule has 0 unspecified atom stereocenters. The lowest BCUT2D eigenvalue weighted by atomic mass is 9.83. The van der Waals surface area contributed by atoms with Gasteiger partial charge in [0.05, 0.1) is 7.11 Å². The van der Waals surface area contributed by atoms with E-state index in [0.717, 1.165) is 43.0 Å². The van der Waals surface area contributed by atoms with Crippen LogP contribution in [0.4, 0.5) is 0 Å². The number of rotatable bonds is 2. The average molecular weight is 307 g/mol. The molecule has 0 bridgehead atoms. The van der Waals surface area contributed by atoms with Crippen LogP contribution in [0, 0.1) is 0 Å². The fourth-order valence-electron chi connectivity index (χ4n) is 3.48. The second kappa shape index (κ2) is 5.74. The molecular weight excluding hydrogens is 286 g/mol. The van der Waals surface area contributed by atoms with Crippen LogP contribution in [0.25, 0.3) is 5.57 Å². The molecule has 3 heteroatoms. The first-order chi connectivity index (χ1) is 11.3. The van der Waals surface area contributed by atoms with Crippen LogP contribution in [0.3, 0.4) is 0 Å². The molecule has 0 amide bonds. The van der Waals surface area contributed by atoms with Gasteiger partial charge < -0.3 is 14.8 Å². The van der Waals surface area contributed by atoms with E-state index >= 15 is 0 Å². The molecule has 3 nitrogen and oxygen atoms in total. The normalized spacial score (nSPS) is 18.7. The van der Waals surface area contributed by atoms with Crippen molar-refractivity contribution in [2.75, 3.05) is 20.2 Å². The average Bonchev–Trinajstić information content (AvgIpc) is 2.62. The molecule has 0 aliphatic carbocycles. The number of piperidine rings is 1. The van der Waals surface area contributed by atoms with E-state index in [1.165, 1.54) is 11.1 Å². The van der Waals surface area contributed by atoms with Crippen LogP contribution in [0.15, 0.2) is 54.6 Å². The molecule has 2 aromatic rings. The van der Waals surface area contributed by atoms with Gasteiger partial charge in [-0.15, -0.1) is 0 Å². The zero-order valence-corrected chi connectivity index (χ0v) is 13.3. The van der Waals surface area contributed by atoms with E-state index in [4.69, 9.17) is 9.47 Å². The second-order valence-electron chi connectivity index (χ2n) is 6.20. The monoisotopic (exact) mass is 307 g/mol. The van der Waals surface area contributed by atoms with Gasteiger partial charge in [-0.2, -0.15) is 0 Å². The van der Waals surface area contributed by atoms with E-state index in [-0.39, 0.29) is 5.60 Å². The van der Waals surface area contributed by atoms with Crippen LogP contribution in [0.2, 0.25) is 0 Å². The molecule has 2 aliphatic heterocycles. The first-order valence-corrected chi connectivity index (χ1v) is 8.16. The highest BCUT2D eigenvalue weighted by Crippen LogP contribution is 2.43. The molecule has 1 N–H and O–H groups in total. The van der Waals surface area contributed by atoms with Gasteiger partial charge in [-0.1, -0.05) is 30.3 Å². The van der Waals surface area contributed by atoms with Crippen molar-refractivity contribution in [1.29, 1.82) is 0 Å². The Labute approximate surface area is 136 Å². The maximum atomic E-state index is 6.46. The van der Waals surface area contributed by atoms with Crippen molar-refractivity contribution in [1.82, 2.24) is 5.32 Å². The first-order valence-electron chi connectivity index (χ1n) is 8.16. The standard InChI is InChI=1S/C20H21NO2/c1-22-16-7-8-17-18(15-5-3-2-4-6-15)14-20(23-19(17)13-16)9-11-21-12-10-20/h2-8,13-14,21H,9-12H2,1H3. The minimum atomic E-state index is -0.213. The Bertz CT molecular complexity index is 731. The molecule has 0 saturated carbocycles. The predicted molar refractivity (Wildman–Crippen MR) is 92.0 cm³/mol. The van der Waals surface area contributed by atoms with Gasteiger partial charge in [0.15, 0.2) is 0 Å². The van der Waals surface area contributed by atoms with Crippen molar-refractivity contribution in [3.05, 3.63) is 65.7 Å². The van der Waals surface area contributed by atoms with E-state index in [9.17, 15) is 0 Å². The molecule has 0 atom stereocenters. The smallest absolute Gasteiger partial charge is 0.132 e. The third-order valence-electron chi connectivity index (χ3n) is 4.73. The van der Waals surface area contributed by atoms with Crippen LogP contribution in [-0.4, -0.2) is 25.8 Å². The van der Waals surface area contributed by atoms with Gasteiger partial charge in [0.25, 0.3) is 0 Å². The van der Waals surface area contributed by atoms with E-state index in [1.54, 1.807) is 7.11 Å². The fraction of sp³-hybridized carbons (Fsp3) is 0.300. The molecule has 2 aromatic carbocycles. The van der Waals surface area contributed by atoms with Crippen molar-refractivity contribution in [3.63, 3.8) is 0 Å². The molecule has 118 valence electrons. The van der Waals surface area contributed by atoms with Crippen LogP contribution < -0.4 is 14.8 Å². The van der Waals surface area contributed by atoms with Gasteiger partial charge in [-0.3, -0.25) is 0 Å². The topological polar surface area (TPSA) is 30.5 Å². The lowest BCUT2D eigenvalue weighted by Crippen LogP contribution is -2.46. The minimum Gasteiger partial charge on any atom is -0.497 e. The third kappa shape index (κ3) is 2.62. The summed E-state index contributed by atoms with van der Waals surface area (Å²) in [6.07, 6.45) is 4.30. The van der Waals surface area contributed by atoms with Crippen LogP contribution >= 0.6 is 0 Å². The van der Waals surface area contributed by atoms with Crippen molar-refractivity contribution in [2.24, 2.45) is 0 Å².